The Morgan fingerprint density at radius 3 is 2.74 bits per heavy atom. The van der Waals surface area contributed by atoms with Crippen molar-refractivity contribution in [2.24, 2.45) is 0 Å². The maximum atomic E-state index is 12.3. The van der Waals surface area contributed by atoms with Crippen molar-refractivity contribution < 1.29 is 13.2 Å². The highest BCUT2D eigenvalue weighted by atomic mass is 35.5. The fourth-order valence-electron chi connectivity index (χ4n) is 2.16. The first-order valence-electron chi connectivity index (χ1n) is 5.83. The van der Waals surface area contributed by atoms with Crippen LogP contribution in [0.1, 0.15) is 16.8 Å². The van der Waals surface area contributed by atoms with Crippen LogP contribution in [0.15, 0.2) is 18.2 Å². The molecule has 5 nitrogen and oxygen atoms in total. The number of nitrogens with zero attached hydrogens (tertiary/aromatic N) is 1. The molecule has 1 aliphatic heterocycles. The number of halogens is 1. The lowest BCUT2D eigenvalue weighted by Gasteiger charge is -2.24. The molecule has 2 N–H and O–H groups in total. The highest BCUT2D eigenvalue weighted by molar-refractivity contribution is 7.91. The van der Waals surface area contributed by atoms with E-state index >= 15 is 0 Å². The summed E-state index contributed by atoms with van der Waals surface area (Å²) in [5.74, 6) is -0.169. The van der Waals surface area contributed by atoms with Gasteiger partial charge in [-0.2, -0.15) is 0 Å². The summed E-state index contributed by atoms with van der Waals surface area (Å²) in [7, 11) is -1.43. The molecule has 0 radical (unpaired) electrons. The van der Waals surface area contributed by atoms with E-state index in [0.29, 0.717) is 17.0 Å². The Bertz CT molecular complexity index is 615. The van der Waals surface area contributed by atoms with Gasteiger partial charge in [-0.05, 0) is 18.6 Å². The Balaban J connectivity index is 2.23. The van der Waals surface area contributed by atoms with Crippen molar-refractivity contribution in [1.82, 2.24) is 4.90 Å². The van der Waals surface area contributed by atoms with Gasteiger partial charge in [-0.3, -0.25) is 4.79 Å². The van der Waals surface area contributed by atoms with E-state index in [2.05, 4.69) is 0 Å². The number of para-hydroxylation sites is 1. The summed E-state index contributed by atoms with van der Waals surface area (Å²) in [6.45, 7) is 0. The van der Waals surface area contributed by atoms with Gasteiger partial charge in [0.15, 0.2) is 9.84 Å². The normalized spacial score (nSPS) is 21.3. The van der Waals surface area contributed by atoms with Gasteiger partial charge >= 0.3 is 0 Å². The Labute approximate surface area is 117 Å². The van der Waals surface area contributed by atoms with Crippen molar-refractivity contribution in [3.05, 3.63) is 28.8 Å². The van der Waals surface area contributed by atoms with Crippen molar-refractivity contribution in [1.29, 1.82) is 0 Å². The minimum atomic E-state index is -3.03. The predicted molar refractivity (Wildman–Crippen MR) is 75.0 cm³/mol. The molecule has 0 aliphatic carbocycles. The second kappa shape index (κ2) is 5.02. The monoisotopic (exact) mass is 302 g/mol. The highest BCUT2D eigenvalue weighted by Gasteiger charge is 2.33. The molecule has 1 aliphatic rings. The van der Waals surface area contributed by atoms with Crippen LogP contribution in [0, 0.1) is 0 Å². The molecule has 1 aromatic rings. The lowest BCUT2D eigenvalue weighted by Crippen LogP contribution is -2.38. The van der Waals surface area contributed by atoms with E-state index in [9.17, 15) is 13.2 Å². The van der Waals surface area contributed by atoms with E-state index < -0.39 is 9.84 Å². The molecule has 0 saturated carbocycles. The molecule has 1 atom stereocenters. The smallest absolute Gasteiger partial charge is 0.256 e. The largest absolute Gasteiger partial charge is 0.397 e. The lowest BCUT2D eigenvalue weighted by molar-refractivity contribution is 0.0749. The topological polar surface area (TPSA) is 80.5 Å². The van der Waals surface area contributed by atoms with Gasteiger partial charge in [0.2, 0.25) is 0 Å². The number of amides is 1. The zero-order chi connectivity index (χ0) is 14.2. The molecule has 104 valence electrons. The third-order valence-corrected chi connectivity index (χ3v) is 5.44. The van der Waals surface area contributed by atoms with Crippen molar-refractivity contribution in [3.63, 3.8) is 0 Å². The molecule has 2 rings (SSSR count). The van der Waals surface area contributed by atoms with Crippen molar-refractivity contribution in [2.75, 3.05) is 24.3 Å². The minimum Gasteiger partial charge on any atom is -0.397 e. The Morgan fingerprint density at radius 1 is 1.47 bits per heavy atom. The average molecular weight is 303 g/mol. The van der Waals surface area contributed by atoms with E-state index in [1.807, 2.05) is 0 Å². The molecule has 1 unspecified atom stereocenters. The van der Waals surface area contributed by atoms with E-state index in [1.54, 1.807) is 25.2 Å². The zero-order valence-electron chi connectivity index (χ0n) is 10.5. The van der Waals surface area contributed by atoms with Gasteiger partial charge in [0.1, 0.15) is 0 Å². The molecule has 1 aromatic carbocycles. The number of sulfone groups is 1. The van der Waals surface area contributed by atoms with Gasteiger partial charge in [-0.1, -0.05) is 17.7 Å². The van der Waals surface area contributed by atoms with Crippen LogP contribution in [0.2, 0.25) is 5.02 Å². The summed E-state index contributed by atoms with van der Waals surface area (Å²) in [6.07, 6.45) is 0.463. The summed E-state index contributed by atoms with van der Waals surface area (Å²) in [4.78, 5) is 13.7. The lowest BCUT2D eigenvalue weighted by atomic mass is 10.1. The summed E-state index contributed by atoms with van der Waals surface area (Å²) in [5.41, 5.74) is 6.30. The quantitative estimate of drug-likeness (QED) is 0.832. The average Bonchev–Trinajstić information content (AvgIpc) is 2.71. The van der Waals surface area contributed by atoms with E-state index in [1.165, 1.54) is 4.90 Å². The number of hydrogen-bond donors (Lipinski definition) is 1. The van der Waals surface area contributed by atoms with Gasteiger partial charge in [-0.25, -0.2) is 8.42 Å². The molecule has 0 aromatic heterocycles. The maximum Gasteiger partial charge on any atom is 0.256 e. The molecule has 1 saturated heterocycles. The summed E-state index contributed by atoms with van der Waals surface area (Å²) in [5, 5.41) is 0.318. The third-order valence-electron chi connectivity index (χ3n) is 3.36. The van der Waals surface area contributed by atoms with Crippen LogP contribution in [-0.4, -0.2) is 43.8 Å². The van der Waals surface area contributed by atoms with E-state index in [0.717, 1.165) is 0 Å². The molecule has 0 spiro atoms. The van der Waals surface area contributed by atoms with Gasteiger partial charge < -0.3 is 10.6 Å². The van der Waals surface area contributed by atoms with E-state index in [-0.39, 0.29) is 29.1 Å². The van der Waals surface area contributed by atoms with Crippen LogP contribution in [-0.2, 0) is 9.84 Å². The SMILES string of the molecule is CN(C(=O)c1cccc(Cl)c1N)C1CCS(=O)(=O)C1. The molecule has 0 bridgehead atoms. The fraction of sp³-hybridized carbons (Fsp3) is 0.417. The van der Waals surface area contributed by atoms with Gasteiger partial charge in [0, 0.05) is 13.1 Å². The summed E-state index contributed by atoms with van der Waals surface area (Å²) in [6, 6.07) is 4.54. The molecule has 19 heavy (non-hydrogen) atoms. The first kappa shape index (κ1) is 14.1. The van der Waals surface area contributed by atoms with E-state index in [4.69, 9.17) is 17.3 Å². The fourth-order valence-corrected chi connectivity index (χ4v) is 4.11. The molecular weight excluding hydrogens is 288 g/mol. The standard InChI is InChI=1S/C12H15ClN2O3S/c1-15(8-5-6-19(17,18)7-8)12(16)9-3-2-4-10(13)11(9)14/h2-4,8H,5-7,14H2,1H3. The first-order chi connectivity index (χ1) is 8.82. The Kier molecular flexibility index (Phi) is 3.73. The number of carbonyl (C=O) groups excluding carboxylic acids is 1. The third kappa shape index (κ3) is 2.84. The first-order valence-corrected chi connectivity index (χ1v) is 8.03. The molecular formula is C12H15ClN2O3S. The highest BCUT2D eigenvalue weighted by Crippen LogP contribution is 2.25. The van der Waals surface area contributed by atoms with Gasteiger partial charge in [-0.15, -0.1) is 0 Å². The summed E-state index contributed by atoms with van der Waals surface area (Å²) >= 11 is 5.88. The zero-order valence-corrected chi connectivity index (χ0v) is 12.0. The van der Waals surface area contributed by atoms with Crippen molar-refractivity contribution in [3.8, 4) is 0 Å². The van der Waals surface area contributed by atoms with Crippen LogP contribution in [0.25, 0.3) is 0 Å². The molecule has 1 amide bonds. The van der Waals surface area contributed by atoms with Crippen LogP contribution < -0.4 is 5.73 Å². The number of anilines is 1. The summed E-state index contributed by atoms with van der Waals surface area (Å²) < 4.78 is 22.9. The minimum absolute atomic E-state index is 0.00963. The van der Waals surface area contributed by atoms with Crippen LogP contribution >= 0.6 is 11.6 Å². The van der Waals surface area contributed by atoms with Crippen molar-refractivity contribution >= 4 is 33.0 Å². The van der Waals surface area contributed by atoms with Crippen LogP contribution in [0.4, 0.5) is 5.69 Å². The number of nitrogens with two attached hydrogens (primary N) is 1. The number of carbonyl (C=O) groups is 1. The van der Waals surface area contributed by atoms with Crippen molar-refractivity contribution in [2.45, 2.75) is 12.5 Å². The Morgan fingerprint density at radius 2 is 2.16 bits per heavy atom. The number of nitrogen functional groups attached to an aromatic ring is 1. The second-order valence-electron chi connectivity index (χ2n) is 4.67. The maximum absolute atomic E-state index is 12.3. The van der Waals surface area contributed by atoms with Crippen LogP contribution in [0.3, 0.4) is 0 Å². The molecule has 1 heterocycles. The number of rotatable bonds is 2. The van der Waals surface area contributed by atoms with Crippen LogP contribution in [0.5, 0.6) is 0 Å². The molecule has 1 fully saturated rings. The second-order valence-corrected chi connectivity index (χ2v) is 7.31. The van der Waals surface area contributed by atoms with Gasteiger partial charge in [0.05, 0.1) is 27.8 Å². The number of benzene rings is 1. The molecule has 7 heteroatoms. The Hall–Kier alpha value is -1.27. The predicted octanol–water partition coefficient (Wildman–Crippen LogP) is 1.18. The number of hydrogen-bond acceptors (Lipinski definition) is 4. The van der Waals surface area contributed by atoms with Gasteiger partial charge in [0.25, 0.3) is 5.91 Å².